The van der Waals surface area contributed by atoms with Gasteiger partial charge >= 0.3 is 0 Å². The molecule has 0 bridgehead atoms. The summed E-state index contributed by atoms with van der Waals surface area (Å²) in [4.78, 5) is 16.6. The average molecular weight is 279 g/mol. The van der Waals surface area contributed by atoms with Crippen LogP contribution in [-0.2, 0) is 11.3 Å². The van der Waals surface area contributed by atoms with E-state index in [1.165, 1.54) is 11.0 Å². The van der Waals surface area contributed by atoms with E-state index in [1.807, 2.05) is 4.90 Å². The first-order valence-corrected chi connectivity index (χ1v) is 7.20. The molecule has 1 aromatic rings. The topological polar surface area (TPSA) is 93.2 Å². The van der Waals surface area contributed by atoms with Crippen molar-refractivity contribution in [3.63, 3.8) is 0 Å². The molecule has 1 atom stereocenters. The first kappa shape index (κ1) is 13.4. The van der Waals surface area contributed by atoms with Gasteiger partial charge in [-0.15, -0.1) is 5.10 Å². The maximum atomic E-state index is 12.2. The summed E-state index contributed by atoms with van der Waals surface area (Å²) >= 11 is 0. The molecule has 1 amide bonds. The van der Waals surface area contributed by atoms with Crippen LogP contribution in [0.4, 0.5) is 0 Å². The van der Waals surface area contributed by atoms with Crippen molar-refractivity contribution in [1.82, 2.24) is 30.0 Å². The predicted octanol–water partition coefficient (Wildman–Crippen LogP) is -1.30. The molecule has 1 unspecified atom stereocenters. The Balaban J connectivity index is 1.50. The number of rotatable bonds is 3. The van der Waals surface area contributed by atoms with Crippen molar-refractivity contribution in [3.05, 3.63) is 6.33 Å². The lowest BCUT2D eigenvalue weighted by molar-refractivity contribution is -0.131. The molecule has 0 radical (unpaired) electrons. The summed E-state index contributed by atoms with van der Waals surface area (Å²) in [5.74, 6) is 0.0912. The Morgan fingerprint density at radius 3 is 2.75 bits per heavy atom. The number of carbonyl (C=O) groups is 1. The van der Waals surface area contributed by atoms with Crippen LogP contribution in [0.15, 0.2) is 6.33 Å². The normalized spacial score (nSPS) is 25.2. The number of nitrogens with two attached hydrogens (primary N) is 1. The Morgan fingerprint density at radius 2 is 2.05 bits per heavy atom. The Morgan fingerprint density at radius 1 is 1.25 bits per heavy atom. The molecule has 3 rings (SSSR count). The monoisotopic (exact) mass is 279 g/mol. The summed E-state index contributed by atoms with van der Waals surface area (Å²) in [5.41, 5.74) is 5.93. The van der Waals surface area contributed by atoms with Gasteiger partial charge in [0.1, 0.15) is 12.9 Å². The highest BCUT2D eigenvalue weighted by Gasteiger charge is 2.31. The van der Waals surface area contributed by atoms with E-state index in [4.69, 9.17) is 5.73 Å². The van der Waals surface area contributed by atoms with Crippen LogP contribution in [-0.4, -0.2) is 74.2 Å². The SMILES string of the molecule is NC1CCN(C2CCN(C(=O)Cn3cnnn3)C2)CC1. The molecule has 1 aromatic heterocycles. The zero-order chi connectivity index (χ0) is 13.9. The van der Waals surface area contributed by atoms with Crippen molar-refractivity contribution in [3.8, 4) is 0 Å². The summed E-state index contributed by atoms with van der Waals surface area (Å²) in [6, 6.07) is 0.838. The third-order valence-electron chi connectivity index (χ3n) is 4.30. The van der Waals surface area contributed by atoms with Crippen LogP contribution in [0.25, 0.3) is 0 Å². The van der Waals surface area contributed by atoms with E-state index in [9.17, 15) is 4.79 Å². The third kappa shape index (κ3) is 2.96. The lowest BCUT2D eigenvalue weighted by Gasteiger charge is -2.34. The third-order valence-corrected chi connectivity index (χ3v) is 4.30. The maximum Gasteiger partial charge on any atom is 0.244 e. The van der Waals surface area contributed by atoms with E-state index in [-0.39, 0.29) is 12.5 Å². The number of nitrogens with zero attached hydrogens (tertiary/aromatic N) is 6. The quantitative estimate of drug-likeness (QED) is 0.739. The van der Waals surface area contributed by atoms with Gasteiger partial charge in [-0.05, 0) is 42.8 Å². The number of amides is 1. The fourth-order valence-corrected chi connectivity index (χ4v) is 3.04. The molecular formula is C12H21N7O. The van der Waals surface area contributed by atoms with Gasteiger partial charge in [-0.3, -0.25) is 9.69 Å². The van der Waals surface area contributed by atoms with Gasteiger partial charge in [0.25, 0.3) is 0 Å². The van der Waals surface area contributed by atoms with Crippen molar-refractivity contribution < 1.29 is 4.79 Å². The molecule has 2 aliphatic heterocycles. The lowest BCUT2D eigenvalue weighted by Crippen LogP contribution is -2.46. The molecule has 110 valence electrons. The molecule has 0 aromatic carbocycles. The predicted molar refractivity (Wildman–Crippen MR) is 71.6 cm³/mol. The molecule has 0 saturated carbocycles. The second-order valence-corrected chi connectivity index (χ2v) is 5.66. The molecule has 2 saturated heterocycles. The van der Waals surface area contributed by atoms with Gasteiger partial charge in [-0.25, -0.2) is 4.68 Å². The van der Waals surface area contributed by atoms with Crippen molar-refractivity contribution in [2.45, 2.75) is 37.9 Å². The van der Waals surface area contributed by atoms with Crippen LogP contribution in [0.5, 0.6) is 0 Å². The van der Waals surface area contributed by atoms with Crippen LogP contribution in [0.2, 0.25) is 0 Å². The Labute approximate surface area is 117 Å². The zero-order valence-corrected chi connectivity index (χ0v) is 11.6. The van der Waals surface area contributed by atoms with Crippen LogP contribution < -0.4 is 5.73 Å². The fourth-order valence-electron chi connectivity index (χ4n) is 3.04. The second-order valence-electron chi connectivity index (χ2n) is 5.66. The fraction of sp³-hybridized carbons (Fsp3) is 0.833. The summed E-state index contributed by atoms with van der Waals surface area (Å²) in [6.07, 6.45) is 4.65. The minimum absolute atomic E-state index is 0.0912. The van der Waals surface area contributed by atoms with Gasteiger partial charge in [0.05, 0.1) is 0 Å². The molecule has 3 heterocycles. The highest BCUT2D eigenvalue weighted by molar-refractivity contribution is 5.76. The first-order valence-electron chi connectivity index (χ1n) is 7.20. The summed E-state index contributed by atoms with van der Waals surface area (Å²) in [6.45, 7) is 3.98. The van der Waals surface area contributed by atoms with Gasteiger partial charge in [-0.2, -0.15) is 0 Å². The number of hydrogen-bond acceptors (Lipinski definition) is 6. The second kappa shape index (κ2) is 5.84. The van der Waals surface area contributed by atoms with Crippen molar-refractivity contribution in [2.75, 3.05) is 26.2 Å². The average Bonchev–Trinajstić information content (AvgIpc) is 3.10. The molecule has 0 spiro atoms. The van der Waals surface area contributed by atoms with Crippen molar-refractivity contribution in [1.29, 1.82) is 0 Å². The molecule has 2 aliphatic rings. The standard InChI is InChI=1S/C12H21N7O/c13-10-1-4-17(5-2-10)11-3-6-18(7-11)12(20)8-19-9-14-15-16-19/h9-11H,1-8,13H2. The van der Waals surface area contributed by atoms with E-state index in [0.29, 0.717) is 12.1 Å². The first-order chi connectivity index (χ1) is 9.72. The van der Waals surface area contributed by atoms with E-state index in [2.05, 4.69) is 20.4 Å². The molecule has 2 fully saturated rings. The number of hydrogen-bond donors (Lipinski definition) is 1. The van der Waals surface area contributed by atoms with Crippen LogP contribution in [0.3, 0.4) is 0 Å². The Kier molecular flexibility index (Phi) is 3.93. The van der Waals surface area contributed by atoms with E-state index < -0.39 is 0 Å². The Bertz CT molecular complexity index is 441. The highest BCUT2D eigenvalue weighted by Crippen LogP contribution is 2.20. The van der Waals surface area contributed by atoms with Gasteiger partial charge < -0.3 is 10.6 Å². The summed E-state index contributed by atoms with van der Waals surface area (Å²) < 4.78 is 1.47. The molecule has 8 nitrogen and oxygen atoms in total. The van der Waals surface area contributed by atoms with E-state index in [1.54, 1.807) is 0 Å². The summed E-state index contributed by atoms with van der Waals surface area (Å²) in [7, 11) is 0. The van der Waals surface area contributed by atoms with E-state index in [0.717, 1.165) is 45.4 Å². The van der Waals surface area contributed by atoms with Gasteiger partial charge in [0.15, 0.2) is 0 Å². The number of piperidine rings is 1. The number of aromatic nitrogens is 4. The summed E-state index contributed by atoms with van der Waals surface area (Å²) in [5, 5.41) is 10.8. The maximum absolute atomic E-state index is 12.2. The van der Waals surface area contributed by atoms with Crippen LogP contribution in [0.1, 0.15) is 19.3 Å². The van der Waals surface area contributed by atoms with Crippen LogP contribution in [0, 0.1) is 0 Å². The minimum Gasteiger partial charge on any atom is -0.339 e. The van der Waals surface area contributed by atoms with E-state index >= 15 is 0 Å². The largest absolute Gasteiger partial charge is 0.339 e. The zero-order valence-electron chi connectivity index (χ0n) is 11.6. The van der Waals surface area contributed by atoms with Gasteiger partial charge in [0.2, 0.25) is 5.91 Å². The minimum atomic E-state index is 0.0912. The smallest absolute Gasteiger partial charge is 0.244 e. The molecule has 8 heteroatoms. The van der Waals surface area contributed by atoms with Crippen molar-refractivity contribution >= 4 is 5.91 Å². The number of tetrazole rings is 1. The van der Waals surface area contributed by atoms with Gasteiger partial charge in [0, 0.05) is 25.2 Å². The molecule has 20 heavy (non-hydrogen) atoms. The highest BCUT2D eigenvalue weighted by atomic mass is 16.2. The molecular weight excluding hydrogens is 258 g/mol. The number of carbonyl (C=O) groups excluding carboxylic acids is 1. The van der Waals surface area contributed by atoms with Crippen molar-refractivity contribution in [2.24, 2.45) is 5.73 Å². The molecule has 2 N–H and O–H groups in total. The van der Waals surface area contributed by atoms with Crippen LogP contribution >= 0.6 is 0 Å². The van der Waals surface area contributed by atoms with Gasteiger partial charge in [-0.1, -0.05) is 0 Å². The Hall–Kier alpha value is -1.54. The lowest BCUT2D eigenvalue weighted by atomic mass is 10.0. The molecule has 0 aliphatic carbocycles. The number of likely N-dealkylation sites (tertiary alicyclic amines) is 2.